The third kappa shape index (κ3) is 5.30. The highest BCUT2D eigenvalue weighted by molar-refractivity contribution is 8.01. The van der Waals surface area contributed by atoms with Gasteiger partial charge in [-0.15, -0.1) is 10.2 Å². The molecule has 0 radical (unpaired) electrons. The predicted molar refractivity (Wildman–Crippen MR) is 155 cm³/mol. The van der Waals surface area contributed by atoms with Crippen LogP contribution in [0.5, 0.6) is 0 Å². The van der Waals surface area contributed by atoms with E-state index in [9.17, 15) is 14.9 Å². The Morgan fingerprint density at radius 2 is 2.05 bits per heavy atom. The number of aryl methyl sites for hydroxylation is 2. The van der Waals surface area contributed by atoms with Gasteiger partial charge in [-0.3, -0.25) is 14.5 Å². The van der Waals surface area contributed by atoms with Crippen LogP contribution in [-0.2, 0) is 9.59 Å². The van der Waals surface area contributed by atoms with E-state index in [-0.39, 0.29) is 28.8 Å². The Morgan fingerprint density at radius 3 is 2.79 bits per heavy atom. The Kier molecular flexibility index (Phi) is 7.75. The van der Waals surface area contributed by atoms with Crippen molar-refractivity contribution < 1.29 is 9.59 Å². The molecule has 11 heteroatoms. The number of amides is 1. The lowest BCUT2D eigenvalue weighted by Crippen LogP contribution is -2.38. The average Bonchev–Trinajstić information content (AvgIpc) is 3.37. The number of ketones is 1. The first-order valence-corrected chi connectivity index (χ1v) is 14.5. The summed E-state index contributed by atoms with van der Waals surface area (Å²) in [7, 11) is 0. The molecule has 0 fully saturated rings. The molecule has 1 aliphatic carbocycles. The van der Waals surface area contributed by atoms with Gasteiger partial charge in [0.15, 0.2) is 10.1 Å². The molecule has 0 bridgehead atoms. The van der Waals surface area contributed by atoms with Crippen molar-refractivity contribution in [2.45, 2.75) is 43.4 Å². The zero-order valence-electron chi connectivity index (χ0n) is 21.3. The molecule has 0 saturated heterocycles. The van der Waals surface area contributed by atoms with Crippen LogP contribution >= 0.6 is 34.7 Å². The molecule has 1 atom stereocenters. The summed E-state index contributed by atoms with van der Waals surface area (Å²) in [5.41, 5.74) is 11.7. The van der Waals surface area contributed by atoms with Gasteiger partial charge in [0.2, 0.25) is 11.0 Å². The summed E-state index contributed by atoms with van der Waals surface area (Å²) in [5.74, 6) is -0.473. The molecule has 1 aliphatic heterocycles. The Labute approximate surface area is 239 Å². The van der Waals surface area contributed by atoms with Gasteiger partial charge in [0.1, 0.15) is 5.82 Å². The Balaban J connectivity index is 1.42. The monoisotopic (exact) mass is 576 g/mol. The van der Waals surface area contributed by atoms with Crippen molar-refractivity contribution in [1.29, 1.82) is 5.26 Å². The van der Waals surface area contributed by atoms with Crippen LogP contribution < -0.4 is 16.0 Å². The highest BCUT2D eigenvalue weighted by Crippen LogP contribution is 2.48. The molecule has 2 heterocycles. The van der Waals surface area contributed by atoms with Crippen molar-refractivity contribution in [1.82, 2.24) is 10.2 Å². The van der Waals surface area contributed by atoms with Crippen LogP contribution in [0.25, 0.3) is 0 Å². The minimum Gasteiger partial charge on any atom is -0.384 e. The summed E-state index contributed by atoms with van der Waals surface area (Å²) in [6.45, 7) is 3.96. The number of benzene rings is 2. The van der Waals surface area contributed by atoms with Gasteiger partial charge < -0.3 is 11.1 Å². The topological polar surface area (TPSA) is 125 Å². The fraction of sp³-hybridized carbons (Fsp3) is 0.250. The number of allylic oxidation sites excluding steroid dienone is 3. The second-order valence-corrected chi connectivity index (χ2v) is 11.9. The second kappa shape index (κ2) is 11.2. The lowest BCUT2D eigenvalue weighted by Gasteiger charge is -2.38. The Morgan fingerprint density at radius 1 is 1.26 bits per heavy atom. The van der Waals surface area contributed by atoms with Crippen molar-refractivity contribution in [3.05, 3.63) is 86.8 Å². The van der Waals surface area contributed by atoms with Crippen molar-refractivity contribution >= 4 is 57.2 Å². The molecule has 1 aromatic heterocycles. The number of thioether (sulfide) groups is 1. The number of anilines is 2. The van der Waals surface area contributed by atoms with E-state index >= 15 is 0 Å². The van der Waals surface area contributed by atoms with Crippen molar-refractivity contribution in [2.24, 2.45) is 5.73 Å². The summed E-state index contributed by atoms with van der Waals surface area (Å²) in [5, 5.41) is 22.6. The molecule has 5 rings (SSSR count). The van der Waals surface area contributed by atoms with Gasteiger partial charge in [-0.1, -0.05) is 70.6 Å². The van der Waals surface area contributed by atoms with E-state index in [4.69, 9.17) is 17.3 Å². The number of Topliss-reactive ketones (excluding diaryl/α,β-unsaturated/α-hetero) is 1. The van der Waals surface area contributed by atoms with E-state index in [1.165, 1.54) is 23.1 Å². The lowest BCUT2D eigenvalue weighted by atomic mass is 9.76. The molecule has 8 nitrogen and oxygen atoms in total. The molecule has 39 heavy (non-hydrogen) atoms. The number of nitrogens with zero attached hydrogens (tertiary/aromatic N) is 4. The number of nitrogens with two attached hydrogens (primary N) is 1. The second-order valence-electron chi connectivity index (χ2n) is 9.34. The quantitative estimate of drug-likeness (QED) is 0.350. The molecular formula is C28H25ClN6O2S2. The molecule has 1 unspecified atom stereocenters. The molecular weight excluding hydrogens is 552 g/mol. The fourth-order valence-corrected chi connectivity index (χ4v) is 6.87. The van der Waals surface area contributed by atoms with E-state index in [0.29, 0.717) is 50.6 Å². The molecule has 0 saturated carbocycles. The molecule has 0 spiro atoms. The summed E-state index contributed by atoms with van der Waals surface area (Å²) in [4.78, 5) is 27.5. The molecule has 2 aliphatic rings. The van der Waals surface area contributed by atoms with Gasteiger partial charge in [0, 0.05) is 28.4 Å². The molecule has 3 N–H and O–H groups in total. The number of carbonyl (C=O) groups is 2. The van der Waals surface area contributed by atoms with E-state index in [1.54, 1.807) is 17.0 Å². The van der Waals surface area contributed by atoms with Gasteiger partial charge in [-0.25, -0.2) is 0 Å². The molecule has 198 valence electrons. The zero-order chi connectivity index (χ0) is 27.7. The summed E-state index contributed by atoms with van der Waals surface area (Å²) in [6, 6.07) is 15.3. The first-order chi connectivity index (χ1) is 18.8. The number of hydrogen-bond donors (Lipinski definition) is 2. The number of nitriles is 1. The average molecular weight is 577 g/mol. The minimum atomic E-state index is -0.640. The van der Waals surface area contributed by atoms with Gasteiger partial charge >= 0.3 is 0 Å². The smallest absolute Gasteiger partial charge is 0.234 e. The van der Waals surface area contributed by atoms with Crippen molar-refractivity contribution in [2.75, 3.05) is 16.0 Å². The van der Waals surface area contributed by atoms with E-state index in [2.05, 4.69) is 21.6 Å². The minimum absolute atomic E-state index is 0.0337. The SMILES string of the molecule is Cc1ccc(NC(=O)CSc2nnc(N3C(N)=C(C#N)C(c4ccccc4Cl)C4=C3CCCC4=O)s2)c(C)c1. The van der Waals surface area contributed by atoms with Crippen LogP contribution in [-0.4, -0.2) is 27.6 Å². The fourth-order valence-electron chi connectivity index (χ4n) is 4.94. The zero-order valence-corrected chi connectivity index (χ0v) is 23.7. The predicted octanol–water partition coefficient (Wildman–Crippen LogP) is 5.84. The summed E-state index contributed by atoms with van der Waals surface area (Å²) >= 11 is 9.03. The van der Waals surface area contributed by atoms with Crippen LogP contribution in [0.3, 0.4) is 0 Å². The maximum Gasteiger partial charge on any atom is 0.234 e. The molecule has 1 amide bonds. The number of hydrogen-bond acceptors (Lipinski definition) is 9. The highest BCUT2D eigenvalue weighted by Gasteiger charge is 2.41. The first-order valence-electron chi connectivity index (χ1n) is 12.3. The molecule has 3 aromatic rings. The van der Waals surface area contributed by atoms with Gasteiger partial charge in [-0.05, 0) is 49.9 Å². The van der Waals surface area contributed by atoms with Crippen molar-refractivity contribution in [3.63, 3.8) is 0 Å². The lowest BCUT2D eigenvalue weighted by molar-refractivity contribution is -0.116. The Bertz CT molecular complexity index is 1590. The number of carbonyl (C=O) groups excluding carboxylic acids is 2. The normalized spacial score (nSPS) is 17.2. The maximum atomic E-state index is 13.3. The summed E-state index contributed by atoms with van der Waals surface area (Å²) < 4.78 is 0.574. The van der Waals surface area contributed by atoms with Gasteiger partial charge in [-0.2, -0.15) is 5.26 Å². The number of aromatic nitrogens is 2. The maximum absolute atomic E-state index is 13.3. The van der Waals surface area contributed by atoms with E-state index in [0.717, 1.165) is 16.8 Å². The third-order valence-corrected chi connectivity index (χ3v) is 9.09. The number of nitrogens with one attached hydrogen (secondary N) is 1. The number of rotatable bonds is 6. The van der Waals surface area contributed by atoms with Crippen LogP contribution in [0.4, 0.5) is 10.8 Å². The largest absolute Gasteiger partial charge is 0.384 e. The van der Waals surface area contributed by atoms with Crippen LogP contribution in [0.2, 0.25) is 5.02 Å². The van der Waals surface area contributed by atoms with E-state index in [1.807, 2.05) is 44.2 Å². The van der Waals surface area contributed by atoms with Gasteiger partial charge in [0.25, 0.3) is 0 Å². The first kappa shape index (κ1) is 26.9. The Hall–Kier alpha value is -3.65. The highest BCUT2D eigenvalue weighted by atomic mass is 35.5. The van der Waals surface area contributed by atoms with Crippen LogP contribution in [0.1, 0.15) is 41.9 Å². The standard InChI is InChI=1S/C28H25ClN6O2S2/c1-15-10-11-20(16(2)12-15)32-23(37)14-38-28-34-33-27(39-28)35-21-8-5-9-22(36)25(21)24(18(13-30)26(35)31)17-6-3-4-7-19(17)29/h3-4,6-7,10-12,24H,5,8-9,14,31H2,1-2H3,(H,32,37). The summed E-state index contributed by atoms with van der Waals surface area (Å²) in [6.07, 6.45) is 1.65. The van der Waals surface area contributed by atoms with Crippen molar-refractivity contribution in [3.8, 4) is 6.07 Å². The van der Waals surface area contributed by atoms with Crippen LogP contribution in [0.15, 0.2) is 69.5 Å². The molecule has 2 aromatic carbocycles. The van der Waals surface area contributed by atoms with E-state index < -0.39 is 5.92 Å². The number of halogens is 1. The van der Waals surface area contributed by atoms with Gasteiger partial charge in [0.05, 0.1) is 23.3 Å². The third-order valence-electron chi connectivity index (χ3n) is 6.70. The van der Waals surface area contributed by atoms with Crippen LogP contribution in [0, 0.1) is 25.2 Å².